The van der Waals surface area contributed by atoms with Crippen LogP contribution in [0.3, 0.4) is 0 Å². The minimum atomic E-state index is -0.236. The van der Waals surface area contributed by atoms with Crippen molar-refractivity contribution >= 4 is 44.2 Å². The van der Waals surface area contributed by atoms with E-state index in [2.05, 4.69) is 15.6 Å². The molecule has 0 fully saturated rings. The predicted molar refractivity (Wildman–Crippen MR) is 113 cm³/mol. The van der Waals surface area contributed by atoms with Crippen LogP contribution in [0.4, 0.5) is 10.8 Å². The molecule has 0 unspecified atom stereocenters. The minimum absolute atomic E-state index is 0.0429. The van der Waals surface area contributed by atoms with E-state index in [1.54, 1.807) is 6.07 Å². The highest BCUT2D eigenvalue weighted by molar-refractivity contribution is 7.22. The molecular weight excluding hydrogens is 374 g/mol. The van der Waals surface area contributed by atoms with Crippen LogP contribution in [0.1, 0.15) is 30.9 Å². The Kier molecular flexibility index (Phi) is 6.26. The number of anilines is 2. The summed E-state index contributed by atoms with van der Waals surface area (Å²) >= 11 is 1.38. The third-order valence-corrected chi connectivity index (χ3v) is 5.02. The summed E-state index contributed by atoms with van der Waals surface area (Å²) in [5.74, 6) is 0.421. The highest BCUT2D eigenvalue weighted by Crippen LogP contribution is 2.28. The number of amides is 2. The monoisotopic (exact) mass is 397 g/mol. The average Bonchev–Trinajstić information content (AvgIpc) is 3.02. The number of nitrogens with one attached hydrogen (secondary N) is 2. The standard InChI is InChI=1S/C21H23N3O3S/c1-4-5-19(25)24-21-23-16-8-7-15(11-18(16)28-21)22-20(26)12-27-17-9-6-13(2)10-14(17)3/h6-11H,4-5,12H2,1-3H3,(H,22,26)(H,23,24,25). The maximum Gasteiger partial charge on any atom is 0.262 e. The molecule has 1 heterocycles. The Morgan fingerprint density at radius 3 is 2.64 bits per heavy atom. The summed E-state index contributed by atoms with van der Waals surface area (Å²) in [6, 6.07) is 11.3. The van der Waals surface area contributed by atoms with Gasteiger partial charge in [-0.25, -0.2) is 4.98 Å². The zero-order valence-electron chi connectivity index (χ0n) is 16.2. The number of thiazole rings is 1. The molecule has 0 saturated heterocycles. The van der Waals surface area contributed by atoms with Crippen LogP contribution in [0.5, 0.6) is 5.75 Å². The molecule has 0 atom stereocenters. The maximum absolute atomic E-state index is 12.2. The molecule has 0 aliphatic carbocycles. The molecule has 3 rings (SSSR count). The van der Waals surface area contributed by atoms with E-state index in [0.29, 0.717) is 23.0 Å². The Labute approximate surface area is 167 Å². The van der Waals surface area contributed by atoms with Crippen molar-refractivity contribution in [2.75, 3.05) is 17.2 Å². The Balaban J connectivity index is 1.61. The molecule has 146 valence electrons. The van der Waals surface area contributed by atoms with E-state index in [4.69, 9.17) is 4.74 Å². The third-order valence-electron chi connectivity index (χ3n) is 4.08. The highest BCUT2D eigenvalue weighted by Gasteiger charge is 2.10. The first-order valence-corrected chi connectivity index (χ1v) is 9.96. The van der Waals surface area contributed by atoms with E-state index >= 15 is 0 Å². The predicted octanol–water partition coefficient (Wildman–Crippen LogP) is 4.67. The van der Waals surface area contributed by atoms with Crippen LogP contribution < -0.4 is 15.4 Å². The van der Waals surface area contributed by atoms with Crippen molar-refractivity contribution in [3.05, 3.63) is 47.5 Å². The number of nitrogens with zero attached hydrogens (tertiary/aromatic N) is 1. The molecule has 2 aromatic carbocycles. The first-order valence-electron chi connectivity index (χ1n) is 9.15. The van der Waals surface area contributed by atoms with Crippen molar-refractivity contribution in [1.82, 2.24) is 4.98 Å². The van der Waals surface area contributed by atoms with Gasteiger partial charge in [-0.1, -0.05) is 36.0 Å². The molecule has 6 nitrogen and oxygen atoms in total. The number of fused-ring (bicyclic) bond motifs is 1. The summed E-state index contributed by atoms with van der Waals surface area (Å²) in [7, 11) is 0. The van der Waals surface area contributed by atoms with Crippen LogP contribution in [0.15, 0.2) is 36.4 Å². The molecule has 2 N–H and O–H groups in total. The van der Waals surface area contributed by atoms with Gasteiger partial charge < -0.3 is 15.4 Å². The van der Waals surface area contributed by atoms with Crippen molar-refractivity contribution in [3.63, 3.8) is 0 Å². The van der Waals surface area contributed by atoms with Gasteiger partial charge in [-0.2, -0.15) is 0 Å². The van der Waals surface area contributed by atoms with Crippen LogP contribution >= 0.6 is 11.3 Å². The van der Waals surface area contributed by atoms with Gasteiger partial charge in [-0.3, -0.25) is 9.59 Å². The Bertz CT molecular complexity index is 1010. The van der Waals surface area contributed by atoms with Crippen LogP contribution in [-0.2, 0) is 9.59 Å². The van der Waals surface area contributed by atoms with Crippen LogP contribution in [0, 0.1) is 13.8 Å². The van der Waals surface area contributed by atoms with Gasteiger partial charge >= 0.3 is 0 Å². The van der Waals surface area contributed by atoms with Gasteiger partial charge in [0, 0.05) is 12.1 Å². The van der Waals surface area contributed by atoms with Crippen molar-refractivity contribution in [2.45, 2.75) is 33.6 Å². The lowest BCUT2D eigenvalue weighted by molar-refractivity contribution is -0.118. The summed E-state index contributed by atoms with van der Waals surface area (Å²) in [4.78, 5) is 28.3. The lowest BCUT2D eigenvalue weighted by atomic mass is 10.1. The molecule has 7 heteroatoms. The molecule has 0 spiro atoms. The fourth-order valence-corrected chi connectivity index (χ4v) is 3.69. The summed E-state index contributed by atoms with van der Waals surface area (Å²) in [6.07, 6.45) is 1.26. The first-order chi connectivity index (χ1) is 13.4. The highest BCUT2D eigenvalue weighted by atomic mass is 32.1. The lowest BCUT2D eigenvalue weighted by Crippen LogP contribution is -2.20. The van der Waals surface area contributed by atoms with Gasteiger partial charge in [0.05, 0.1) is 10.2 Å². The Hall–Kier alpha value is -2.93. The molecule has 0 aliphatic rings. The molecule has 1 aromatic heterocycles. The second-order valence-electron chi connectivity index (χ2n) is 6.61. The zero-order chi connectivity index (χ0) is 20.1. The van der Waals surface area contributed by atoms with E-state index in [1.165, 1.54) is 11.3 Å². The third kappa shape index (κ3) is 5.07. The van der Waals surface area contributed by atoms with Crippen LogP contribution in [0.25, 0.3) is 10.2 Å². The number of ether oxygens (including phenoxy) is 1. The smallest absolute Gasteiger partial charge is 0.262 e. The van der Waals surface area contributed by atoms with Gasteiger partial charge in [0.25, 0.3) is 5.91 Å². The van der Waals surface area contributed by atoms with E-state index in [9.17, 15) is 9.59 Å². The number of hydrogen-bond donors (Lipinski definition) is 2. The summed E-state index contributed by atoms with van der Waals surface area (Å²) in [5, 5.41) is 6.20. The minimum Gasteiger partial charge on any atom is -0.483 e. The fraction of sp³-hybridized carbons (Fsp3) is 0.286. The zero-order valence-corrected chi connectivity index (χ0v) is 17.0. The van der Waals surface area contributed by atoms with Gasteiger partial charge in [0.1, 0.15) is 5.75 Å². The van der Waals surface area contributed by atoms with Gasteiger partial charge in [0.2, 0.25) is 5.91 Å². The van der Waals surface area contributed by atoms with E-state index < -0.39 is 0 Å². The number of aryl methyl sites for hydroxylation is 2. The Morgan fingerprint density at radius 1 is 1.07 bits per heavy atom. The number of hydrogen-bond acceptors (Lipinski definition) is 5. The van der Waals surface area contributed by atoms with Crippen molar-refractivity contribution in [1.29, 1.82) is 0 Å². The van der Waals surface area contributed by atoms with Crippen LogP contribution in [-0.4, -0.2) is 23.4 Å². The lowest BCUT2D eigenvalue weighted by Gasteiger charge is -2.10. The van der Waals surface area contributed by atoms with E-state index in [0.717, 1.165) is 27.8 Å². The molecule has 2 amide bonds. The molecular formula is C21H23N3O3S. The SMILES string of the molecule is CCCC(=O)Nc1nc2ccc(NC(=O)COc3ccc(C)cc3C)cc2s1. The number of rotatable bonds is 7. The number of carbonyl (C=O) groups is 2. The second-order valence-corrected chi connectivity index (χ2v) is 7.64. The summed E-state index contributed by atoms with van der Waals surface area (Å²) in [5.41, 5.74) is 3.59. The molecule has 28 heavy (non-hydrogen) atoms. The van der Waals surface area contributed by atoms with Crippen molar-refractivity contribution in [2.24, 2.45) is 0 Å². The van der Waals surface area contributed by atoms with Crippen molar-refractivity contribution in [3.8, 4) is 5.75 Å². The van der Waals surface area contributed by atoms with E-state index in [-0.39, 0.29) is 18.4 Å². The van der Waals surface area contributed by atoms with Gasteiger partial charge in [-0.05, 0) is 50.1 Å². The van der Waals surface area contributed by atoms with Gasteiger partial charge in [0.15, 0.2) is 11.7 Å². The normalized spacial score (nSPS) is 10.7. The number of benzene rings is 2. The number of aromatic nitrogens is 1. The summed E-state index contributed by atoms with van der Waals surface area (Å²) < 4.78 is 6.50. The molecule has 0 bridgehead atoms. The number of carbonyl (C=O) groups excluding carboxylic acids is 2. The topological polar surface area (TPSA) is 80.3 Å². The first kappa shape index (κ1) is 19.8. The van der Waals surface area contributed by atoms with Crippen molar-refractivity contribution < 1.29 is 14.3 Å². The molecule has 0 saturated carbocycles. The quantitative estimate of drug-likeness (QED) is 0.607. The maximum atomic E-state index is 12.2. The average molecular weight is 398 g/mol. The van der Waals surface area contributed by atoms with E-state index in [1.807, 2.05) is 51.1 Å². The largest absolute Gasteiger partial charge is 0.483 e. The van der Waals surface area contributed by atoms with Crippen LogP contribution in [0.2, 0.25) is 0 Å². The fourth-order valence-electron chi connectivity index (χ4n) is 2.77. The molecule has 0 radical (unpaired) electrons. The molecule has 0 aliphatic heterocycles. The van der Waals surface area contributed by atoms with Gasteiger partial charge in [-0.15, -0.1) is 0 Å². The summed E-state index contributed by atoms with van der Waals surface area (Å²) in [6.45, 7) is 5.86. The Morgan fingerprint density at radius 2 is 1.89 bits per heavy atom. The second kappa shape index (κ2) is 8.84. The molecule has 3 aromatic rings.